The Morgan fingerprint density at radius 2 is 1.71 bits per heavy atom. The fourth-order valence-corrected chi connectivity index (χ4v) is 5.82. The highest BCUT2D eigenvalue weighted by molar-refractivity contribution is 6.14. The van der Waals surface area contributed by atoms with Gasteiger partial charge in [-0.1, -0.05) is 50.3 Å². The molecule has 1 fully saturated rings. The van der Waals surface area contributed by atoms with Crippen LogP contribution in [0.5, 0.6) is 11.5 Å². The second kappa shape index (κ2) is 8.63. The first-order valence-corrected chi connectivity index (χ1v) is 12.7. The van der Waals surface area contributed by atoms with E-state index in [2.05, 4.69) is 5.32 Å². The Morgan fingerprint density at radius 3 is 2.54 bits per heavy atom. The number of rotatable bonds is 3. The Kier molecular flexibility index (Phi) is 5.43. The molecule has 3 heterocycles. The highest BCUT2D eigenvalue weighted by atomic mass is 16.7. The van der Waals surface area contributed by atoms with Crippen LogP contribution >= 0.6 is 0 Å². The van der Waals surface area contributed by atoms with Crippen LogP contribution in [0.25, 0.3) is 10.9 Å². The lowest BCUT2D eigenvalue weighted by molar-refractivity contribution is -0.127. The van der Waals surface area contributed by atoms with Gasteiger partial charge < -0.3 is 19.4 Å². The van der Waals surface area contributed by atoms with Gasteiger partial charge in [0, 0.05) is 28.7 Å². The number of hydrogen-bond donors (Lipinski definition) is 1. The molecule has 1 N–H and O–H groups in total. The lowest BCUT2D eigenvalue weighted by Gasteiger charge is -2.44. The maximum atomic E-state index is 14.1. The molecule has 1 aromatic heterocycles. The van der Waals surface area contributed by atoms with Crippen molar-refractivity contribution in [3.05, 3.63) is 54.2 Å². The largest absolute Gasteiger partial charge is 0.454 e. The van der Waals surface area contributed by atoms with Crippen LogP contribution in [0.4, 0.5) is 5.69 Å². The van der Waals surface area contributed by atoms with Crippen molar-refractivity contribution in [2.45, 2.75) is 70.0 Å². The van der Waals surface area contributed by atoms with Gasteiger partial charge in [-0.2, -0.15) is 0 Å². The van der Waals surface area contributed by atoms with Crippen LogP contribution in [0.3, 0.4) is 0 Å². The molecule has 2 aromatic carbocycles. The smallest absolute Gasteiger partial charge is 0.275 e. The van der Waals surface area contributed by atoms with Crippen molar-refractivity contribution in [1.29, 1.82) is 0 Å². The van der Waals surface area contributed by atoms with Gasteiger partial charge in [0.25, 0.3) is 5.91 Å². The van der Waals surface area contributed by atoms with Crippen LogP contribution in [0.2, 0.25) is 0 Å². The summed E-state index contributed by atoms with van der Waals surface area (Å²) in [5.74, 6) is 0.927. The minimum absolute atomic E-state index is 0.113. The molecular formula is C28H31N3O4. The van der Waals surface area contributed by atoms with Crippen molar-refractivity contribution < 1.29 is 19.1 Å². The number of nitrogens with one attached hydrogen (secondary N) is 1. The van der Waals surface area contributed by atoms with Crippen LogP contribution in [-0.4, -0.2) is 34.8 Å². The molecule has 3 aliphatic rings. The molecule has 0 bridgehead atoms. The number of carbonyl (C=O) groups excluding carboxylic acids is 2. The summed E-state index contributed by atoms with van der Waals surface area (Å²) < 4.78 is 13.1. The number of fused-ring (bicyclic) bond motifs is 4. The van der Waals surface area contributed by atoms with Gasteiger partial charge in [0.2, 0.25) is 12.7 Å². The van der Waals surface area contributed by atoms with E-state index in [4.69, 9.17) is 9.47 Å². The van der Waals surface area contributed by atoms with Gasteiger partial charge in [-0.25, -0.2) is 0 Å². The van der Waals surface area contributed by atoms with E-state index in [0.29, 0.717) is 29.4 Å². The minimum Gasteiger partial charge on any atom is -0.454 e. The zero-order chi connectivity index (χ0) is 24.0. The Morgan fingerprint density at radius 1 is 0.971 bits per heavy atom. The Hall–Kier alpha value is -3.48. The van der Waals surface area contributed by atoms with Gasteiger partial charge >= 0.3 is 0 Å². The zero-order valence-corrected chi connectivity index (χ0v) is 20.1. The van der Waals surface area contributed by atoms with E-state index in [9.17, 15) is 9.59 Å². The molecule has 1 unspecified atom stereocenters. The molecule has 1 saturated carbocycles. The topological polar surface area (TPSA) is 72.8 Å². The second-order valence-corrected chi connectivity index (χ2v) is 10.1. The maximum absolute atomic E-state index is 14.1. The number of benzene rings is 2. The quantitative estimate of drug-likeness (QED) is 0.580. The number of carbonyl (C=O) groups is 2. The fraction of sp³-hybridized carbons (Fsp3) is 0.429. The third-order valence-corrected chi connectivity index (χ3v) is 7.74. The summed E-state index contributed by atoms with van der Waals surface area (Å²) in [5, 5.41) is 4.33. The molecule has 0 radical (unpaired) electrons. The van der Waals surface area contributed by atoms with Gasteiger partial charge in [0.05, 0.1) is 6.54 Å². The number of nitrogens with zero attached hydrogens (tertiary/aromatic N) is 2. The van der Waals surface area contributed by atoms with Gasteiger partial charge in [0.15, 0.2) is 11.5 Å². The third kappa shape index (κ3) is 3.74. The predicted molar refractivity (Wildman–Crippen MR) is 134 cm³/mol. The number of aromatic nitrogens is 1. The predicted octanol–water partition coefficient (Wildman–Crippen LogP) is 5.02. The first kappa shape index (κ1) is 22.0. The standard InChI is InChI=1S/C28H31N3O4/c1-28(27(33)29-20-10-5-3-2-4-6-11-20)17-30-22-12-8-7-9-19(22)15-23(30)26(32)31(28)21-13-14-24-25(16-21)35-18-34-24/h7-9,12-16,20H,2-6,10-11,17-18H2,1H3,(H,29,33). The summed E-state index contributed by atoms with van der Waals surface area (Å²) in [5.41, 5.74) is 1.07. The van der Waals surface area contributed by atoms with E-state index >= 15 is 0 Å². The fourth-order valence-electron chi connectivity index (χ4n) is 5.82. The summed E-state index contributed by atoms with van der Waals surface area (Å²) in [4.78, 5) is 29.7. The first-order chi connectivity index (χ1) is 17.0. The van der Waals surface area contributed by atoms with E-state index in [0.717, 1.165) is 36.6 Å². The maximum Gasteiger partial charge on any atom is 0.275 e. The van der Waals surface area contributed by atoms with Gasteiger partial charge in [-0.3, -0.25) is 14.5 Å². The van der Waals surface area contributed by atoms with Crippen LogP contribution in [0, 0.1) is 0 Å². The summed E-state index contributed by atoms with van der Waals surface area (Å²) in [6.07, 6.45) is 7.91. The van der Waals surface area contributed by atoms with Crippen molar-refractivity contribution in [3.63, 3.8) is 0 Å². The van der Waals surface area contributed by atoms with E-state index in [1.807, 2.05) is 54.0 Å². The van der Waals surface area contributed by atoms with Crippen molar-refractivity contribution in [2.75, 3.05) is 11.7 Å². The van der Waals surface area contributed by atoms with Crippen molar-refractivity contribution in [1.82, 2.24) is 9.88 Å². The number of para-hydroxylation sites is 1. The molecule has 1 aliphatic carbocycles. The third-order valence-electron chi connectivity index (χ3n) is 7.74. The molecule has 1 atom stereocenters. The number of ether oxygens (including phenoxy) is 2. The van der Waals surface area contributed by atoms with Crippen molar-refractivity contribution in [2.24, 2.45) is 0 Å². The second-order valence-electron chi connectivity index (χ2n) is 10.1. The molecule has 7 nitrogen and oxygen atoms in total. The lowest BCUT2D eigenvalue weighted by Crippen LogP contribution is -2.65. The molecule has 0 spiro atoms. The van der Waals surface area contributed by atoms with Crippen molar-refractivity contribution >= 4 is 28.4 Å². The molecule has 35 heavy (non-hydrogen) atoms. The monoisotopic (exact) mass is 473 g/mol. The molecular weight excluding hydrogens is 442 g/mol. The molecule has 182 valence electrons. The van der Waals surface area contributed by atoms with Gasteiger partial charge in [0.1, 0.15) is 11.2 Å². The SMILES string of the molecule is CC1(C(=O)NC2CCCCCCC2)Cn2c(cc3ccccc32)C(=O)N1c1ccc2c(c1)OCO2. The number of amides is 2. The van der Waals surface area contributed by atoms with Crippen LogP contribution in [-0.2, 0) is 11.3 Å². The van der Waals surface area contributed by atoms with Crippen LogP contribution in [0.1, 0.15) is 62.4 Å². The first-order valence-electron chi connectivity index (χ1n) is 12.7. The average Bonchev–Trinajstić information content (AvgIpc) is 3.45. The minimum atomic E-state index is -1.11. The van der Waals surface area contributed by atoms with Gasteiger partial charge in [-0.05, 0) is 44.0 Å². The average molecular weight is 474 g/mol. The Labute approximate surface area is 205 Å². The van der Waals surface area contributed by atoms with Gasteiger partial charge in [-0.15, -0.1) is 0 Å². The molecule has 2 amide bonds. The highest BCUT2D eigenvalue weighted by Gasteiger charge is 2.49. The summed E-state index contributed by atoms with van der Waals surface area (Å²) in [6.45, 7) is 2.40. The Bertz CT molecular complexity index is 1290. The normalized spacial score (nSPS) is 22.5. The summed E-state index contributed by atoms with van der Waals surface area (Å²) in [6, 6.07) is 15.5. The number of anilines is 1. The van der Waals surface area contributed by atoms with E-state index in [-0.39, 0.29) is 24.6 Å². The number of hydrogen-bond acceptors (Lipinski definition) is 4. The molecule has 7 heteroatoms. The van der Waals surface area contributed by atoms with Crippen LogP contribution < -0.4 is 19.7 Å². The van der Waals surface area contributed by atoms with E-state index < -0.39 is 5.54 Å². The summed E-state index contributed by atoms with van der Waals surface area (Å²) >= 11 is 0. The van der Waals surface area contributed by atoms with Crippen molar-refractivity contribution in [3.8, 4) is 11.5 Å². The lowest BCUT2D eigenvalue weighted by atomic mass is 9.91. The molecule has 0 saturated heterocycles. The molecule has 6 rings (SSSR count). The molecule has 2 aliphatic heterocycles. The zero-order valence-electron chi connectivity index (χ0n) is 20.1. The van der Waals surface area contributed by atoms with Crippen LogP contribution in [0.15, 0.2) is 48.5 Å². The Balaban J connectivity index is 1.42. The molecule has 3 aromatic rings. The highest BCUT2D eigenvalue weighted by Crippen LogP contribution is 2.41. The van der Waals surface area contributed by atoms with E-state index in [1.54, 1.807) is 11.0 Å². The summed E-state index contributed by atoms with van der Waals surface area (Å²) in [7, 11) is 0. The van der Waals surface area contributed by atoms with E-state index in [1.165, 1.54) is 19.3 Å².